The predicted octanol–water partition coefficient (Wildman–Crippen LogP) is 1.83. The molecule has 4 aliphatic rings. The van der Waals surface area contributed by atoms with Gasteiger partial charge in [0.1, 0.15) is 6.54 Å². The third-order valence-corrected chi connectivity index (χ3v) is 5.43. The Morgan fingerprint density at radius 2 is 1.58 bits per heavy atom. The van der Waals surface area contributed by atoms with Crippen LogP contribution in [0, 0.1) is 23.2 Å². The lowest BCUT2D eigenvalue weighted by atomic mass is 9.49. The highest BCUT2D eigenvalue weighted by atomic mass is 16.5. The number of rotatable bonds is 3. The number of nitrogens with zero attached hydrogens (tertiary/aromatic N) is 1. The second-order valence-electron chi connectivity index (χ2n) is 6.94. The van der Waals surface area contributed by atoms with Gasteiger partial charge in [0.2, 0.25) is 5.91 Å². The van der Waals surface area contributed by atoms with E-state index in [1.54, 1.807) is 11.9 Å². The molecule has 4 rings (SSSR count). The first kappa shape index (κ1) is 12.9. The summed E-state index contributed by atoms with van der Waals surface area (Å²) < 4.78 is 4.66. The molecule has 0 radical (unpaired) electrons. The van der Waals surface area contributed by atoms with E-state index in [9.17, 15) is 9.59 Å². The molecule has 0 aromatic heterocycles. The number of esters is 1. The number of hydrogen-bond donors (Lipinski definition) is 0. The van der Waals surface area contributed by atoms with Gasteiger partial charge in [-0.25, -0.2) is 0 Å². The number of carbonyl (C=O) groups excluding carboxylic acids is 2. The Morgan fingerprint density at radius 3 is 2.00 bits per heavy atom. The van der Waals surface area contributed by atoms with Crippen molar-refractivity contribution in [3.05, 3.63) is 0 Å². The van der Waals surface area contributed by atoms with Crippen molar-refractivity contribution >= 4 is 11.9 Å². The van der Waals surface area contributed by atoms with Crippen molar-refractivity contribution in [3.8, 4) is 0 Å². The maximum Gasteiger partial charge on any atom is 0.325 e. The Bertz CT molecular complexity index is 369. The van der Waals surface area contributed by atoms with E-state index in [1.165, 1.54) is 26.4 Å². The van der Waals surface area contributed by atoms with Crippen LogP contribution >= 0.6 is 0 Å². The van der Waals surface area contributed by atoms with Gasteiger partial charge in [-0.1, -0.05) is 0 Å². The van der Waals surface area contributed by atoms with Crippen molar-refractivity contribution in [2.75, 3.05) is 20.7 Å². The molecule has 0 atom stereocenters. The number of hydrogen-bond acceptors (Lipinski definition) is 3. The fourth-order valence-corrected chi connectivity index (χ4v) is 5.11. The summed E-state index contributed by atoms with van der Waals surface area (Å²) in [6.07, 6.45) is 7.11. The molecule has 106 valence electrons. The number of amides is 1. The van der Waals surface area contributed by atoms with Crippen molar-refractivity contribution in [1.82, 2.24) is 4.90 Å². The minimum atomic E-state index is -0.333. The zero-order valence-corrected chi connectivity index (χ0v) is 11.9. The van der Waals surface area contributed by atoms with E-state index in [1.807, 2.05) is 0 Å². The second-order valence-corrected chi connectivity index (χ2v) is 6.94. The van der Waals surface area contributed by atoms with Crippen LogP contribution in [-0.2, 0) is 14.3 Å². The standard InChI is InChI=1S/C15H23NO3/c1-16(9-13(17)19-2)14(18)15-6-10-3-11(7-15)5-12(4-10)8-15/h10-12H,3-9H2,1-2H3. The van der Waals surface area contributed by atoms with E-state index in [-0.39, 0.29) is 23.8 Å². The maximum atomic E-state index is 12.8. The van der Waals surface area contributed by atoms with E-state index >= 15 is 0 Å². The van der Waals surface area contributed by atoms with E-state index in [4.69, 9.17) is 0 Å². The second kappa shape index (κ2) is 4.50. The number of carbonyl (C=O) groups is 2. The van der Waals surface area contributed by atoms with Gasteiger partial charge in [0, 0.05) is 7.05 Å². The molecule has 19 heavy (non-hydrogen) atoms. The van der Waals surface area contributed by atoms with Crippen LogP contribution in [0.4, 0.5) is 0 Å². The lowest BCUT2D eigenvalue weighted by Gasteiger charge is -2.56. The molecule has 0 N–H and O–H groups in total. The minimum Gasteiger partial charge on any atom is -0.468 e. The van der Waals surface area contributed by atoms with E-state index in [0.717, 1.165) is 37.0 Å². The Hall–Kier alpha value is -1.06. The van der Waals surface area contributed by atoms with Gasteiger partial charge in [0.05, 0.1) is 12.5 Å². The summed E-state index contributed by atoms with van der Waals surface area (Å²) in [6, 6.07) is 0. The molecule has 4 aliphatic carbocycles. The van der Waals surface area contributed by atoms with Gasteiger partial charge in [0.25, 0.3) is 0 Å². The van der Waals surface area contributed by atoms with Crippen LogP contribution in [0.1, 0.15) is 38.5 Å². The molecular weight excluding hydrogens is 242 g/mol. The highest BCUT2D eigenvalue weighted by molar-refractivity contribution is 5.86. The van der Waals surface area contributed by atoms with Crippen molar-refractivity contribution in [3.63, 3.8) is 0 Å². The molecule has 0 aliphatic heterocycles. The third-order valence-electron chi connectivity index (χ3n) is 5.43. The Kier molecular flexibility index (Phi) is 3.06. The van der Waals surface area contributed by atoms with Crippen LogP contribution in [-0.4, -0.2) is 37.5 Å². The SMILES string of the molecule is COC(=O)CN(C)C(=O)C12CC3CC(CC(C3)C1)C2. The normalized spacial score (nSPS) is 39.2. The lowest BCUT2D eigenvalue weighted by Crippen LogP contribution is -2.54. The molecule has 4 heteroatoms. The predicted molar refractivity (Wildman–Crippen MR) is 70.3 cm³/mol. The van der Waals surface area contributed by atoms with Crippen molar-refractivity contribution in [2.24, 2.45) is 23.2 Å². The molecule has 0 aromatic rings. The molecule has 4 bridgehead atoms. The van der Waals surface area contributed by atoms with Crippen LogP contribution in [0.2, 0.25) is 0 Å². The third kappa shape index (κ3) is 2.15. The van der Waals surface area contributed by atoms with Gasteiger partial charge >= 0.3 is 5.97 Å². The van der Waals surface area contributed by atoms with Gasteiger partial charge in [-0.05, 0) is 56.3 Å². The first-order valence-corrected chi connectivity index (χ1v) is 7.35. The average Bonchev–Trinajstić information content (AvgIpc) is 2.36. The van der Waals surface area contributed by atoms with Crippen molar-refractivity contribution < 1.29 is 14.3 Å². The van der Waals surface area contributed by atoms with Crippen LogP contribution in [0.15, 0.2) is 0 Å². The Balaban J connectivity index is 1.74. The van der Waals surface area contributed by atoms with Gasteiger partial charge in [-0.15, -0.1) is 0 Å². The quantitative estimate of drug-likeness (QED) is 0.731. The topological polar surface area (TPSA) is 46.6 Å². The molecule has 4 saturated carbocycles. The van der Waals surface area contributed by atoms with Crippen molar-refractivity contribution in [2.45, 2.75) is 38.5 Å². The van der Waals surface area contributed by atoms with Gasteiger partial charge in [0.15, 0.2) is 0 Å². The number of methoxy groups -OCH3 is 1. The Morgan fingerprint density at radius 1 is 1.11 bits per heavy atom. The van der Waals surface area contributed by atoms with Gasteiger partial charge in [-0.2, -0.15) is 0 Å². The molecular formula is C15H23NO3. The summed E-state index contributed by atoms with van der Waals surface area (Å²) in [5.74, 6) is 2.10. The molecule has 0 saturated heterocycles. The lowest BCUT2D eigenvalue weighted by molar-refractivity contribution is -0.160. The average molecular weight is 265 g/mol. The molecule has 0 heterocycles. The van der Waals surface area contributed by atoms with E-state index in [0.29, 0.717) is 0 Å². The van der Waals surface area contributed by atoms with Crippen molar-refractivity contribution in [1.29, 1.82) is 0 Å². The fraction of sp³-hybridized carbons (Fsp3) is 0.867. The highest BCUT2D eigenvalue weighted by Gasteiger charge is 2.55. The highest BCUT2D eigenvalue weighted by Crippen LogP contribution is 2.60. The first-order valence-electron chi connectivity index (χ1n) is 7.35. The summed E-state index contributed by atoms with van der Waals surface area (Å²) >= 11 is 0. The monoisotopic (exact) mass is 265 g/mol. The summed E-state index contributed by atoms with van der Waals surface area (Å²) in [4.78, 5) is 25.7. The molecule has 0 aromatic carbocycles. The summed E-state index contributed by atoms with van der Waals surface area (Å²) in [5.41, 5.74) is -0.155. The maximum absolute atomic E-state index is 12.8. The van der Waals surface area contributed by atoms with Crippen LogP contribution in [0.5, 0.6) is 0 Å². The van der Waals surface area contributed by atoms with E-state index < -0.39 is 0 Å². The largest absolute Gasteiger partial charge is 0.468 e. The number of ether oxygens (including phenoxy) is 1. The molecule has 1 amide bonds. The molecule has 4 fully saturated rings. The zero-order valence-electron chi connectivity index (χ0n) is 11.9. The molecule has 0 unspecified atom stereocenters. The molecule has 4 nitrogen and oxygen atoms in total. The summed E-state index contributed by atoms with van der Waals surface area (Å²) in [5, 5.41) is 0. The van der Waals surface area contributed by atoms with Crippen LogP contribution < -0.4 is 0 Å². The van der Waals surface area contributed by atoms with Gasteiger partial charge < -0.3 is 9.64 Å². The van der Waals surface area contributed by atoms with Crippen LogP contribution in [0.3, 0.4) is 0 Å². The smallest absolute Gasteiger partial charge is 0.325 e. The van der Waals surface area contributed by atoms with Crippen LogP contribution in [0.25, 0.3) is 0 Å². The first-order chi connectivity index (χ1) is 9.02. The summed E-state index contributed by atoms with van der Waals surface area (Å²) in [6.45, 7) is 0.0804. The van der Waals surface area contributed by atoms with E-state index in [2.05, 4.69) is 4.74 Å². The fourth-order valence-electron chi connectivity index (χ4n) is 5.11. The molecule has 0 spiro atoms. The zero-order chi connectivity index (χ0) is 13.6. The van der Waals surface area contributed by atoms with Gasteiger partial charge in [-0.3, -0.25) is 9.59 Å². The minimum absolute atomic E-state index is 0.0804. The number of likely N-dealkylation sites (N-methyl/N-ethyl adjacent to an activating group) is 1. The Labute approximate surface area is 114 Å². The summed E-state index contributed by atoms with van der Waals surface area (Å²) in [7, 11) is 3.10.